The highest BCUT2D eigenvalue weighted by molar-refractivity contribution is 5.81. The summed E-state index contributed by atoms with van der Waals surface area (Å²) in [5, 5.41) is 2.97. The molecule has 1 N–H and O–H groups in total. The van der Waals surface area contributed by atoms with E-state index in [0.29, 0.717) is 38.0 Å². The molecule has 4 nitrogen and oxygen atoms in total. The molecule has 0 aliphatic carbocycles. The van der Waals surface area contributed by atoms with Crippen molar-refractivity contribution in [2.45, 2.75) is 25.8 Å². The summed E-state index contributed by atoms with van der Waals surface area (Å²) in [6.45, 7) is 1.66. The molecule has 5 heteroatoms. The van der Waals surface area contributed by atoms with Gasteiger partial charge in [-0.1, -0.05) is 42.5 Å². The minimum absolute atomic E-state index is 0.0151. The molecule has 0 saturated carbocycles. The summed E-state index contributed by atoms with van der Waals surface area (Å²) < 4.78 is 13.2. The van der Waals surface area contributed by atoms with Crippen LogP contribution in [0.2, 0.25) is 0 Å². The van der Waals surface area contributed by atoms with E-state index in [4.69, 9.17) is 0 Å². The van der Waals surface area contributed by atoms with E-state index < -0.39 is 0 Å². The smallest absolute Gasteiger partial charge is 0.226 e. The molecule has 0 radical (unpaired) electrons. The lowest BCUT2D eigenvalue weighted by molar-refractivity contribution is -0.135. The summed E-state index contributed by atoms with van der Waals surface area (Å²) >= 11 is 0. The maximum atomic E-state index is 13.2. The second kappa shape index (κ2) is 8.61. The average Bonchev–Trinajstić information content (AvgIpc) is 2.67. The molecule has 26 heavy (non-hydrogen) atoms. The molecule has 2 amide bonds. The number of piperidine rings is 1. The van der Waals surface area contributed by atoms with Gasteiger partial charge in [0.25, 0.3) is 0 Å². The highest BCUT2D eigenvalue weighted by Crippen LogP contribution is 2.19. The SMILES string of the molecule is O=C(NCc1ccccc1)C1CCN(C(=O)Cc2cccc(F)c2)CC1. The quantitative estimate of drug-likeness (QED) is 0.898. The first-order valence-electron chi connectivity index (χ1n) is 8.95. The van der Waals surface area contributed by atoms with Gasteiger partial charge in [-0.3, -0.25) is 9.59 Å². The number of nitrogens with one attached hydrogen (secondary N) is 1. The van der Waals surface area contributed by atoms with Gasteiger partial charge in [-0.2, -0.15) is 0 Å². The van der Waals surface area contributed by atoms with Gasteiger partial charge < -0.3 is 10.2 Å². The first kappa shape index (κ1) is 18.1. The fourth-order valence-corrected chi connectivity index (χ4v) is 3.25. The van der Waals surface area contributed by atoms with Crippen LogP contribution in [0.15, 0.2) is 54.6 Å². The predicted octanol–water partition coefficient (Wildman–Crippen LogP) is 2.92. The van der Waals surface area contributed by atoms with Crippen molar-refractivity contribution in [3.63, 3.8) is 0 Å². The molecule has 1 aliphatic heterocycles. The largest absolute Gasteiger partial charge is 0.352 e. The van der Waals surface area contributed by atoms with Gasteiger partial charge in [0.15, 0.2) is 0 Å². The number of carbonyl (C=O) groups excluding carboxylic acids is 2. The molecule has 2 aromatic carbocycles. The zero-order valence-electron chi connectivity index (χ0n) is 14.7. The van der Waals surface area contributed by atoms with E-state index in [0.717, 1.165) is 5.56 Å². The topological polar surface area (TPSA) is 49.4 Å². The molecule has 1 fully saturated rings. The number of hydrogen-bond acceptors (Lipinski definition) is 2. The van der Waals surface area contributed by atoms with Crippen LogP contribution in [-0.2, 0) is 22.6 Å². The second-order valence-corrected chi connectivity index (χ2v) is 6.67. The van der Waals surface area contributed by atoms with Gasteiger partial charge >= 0.3 is 0 Å². The summed E-state index contributed by atoms with van der Waals surface area (Å²) in [7, 11) is 0. The van der Waals surface area contributed by atoms with Crippen molar-refractivity contribution in [2.75, 3.05) is 13.1 Å². The van der Waals surface area contributed by atoms with E-state index in [1.54, 1.807) is 17.0 Å². The Labute approximate surface area is 153 Å². The van der Waals surface area contributed by atoms with E-state index in [-0.39, 0.29) is 30.0 Å². The lowest BCUT2D eigenvalue weighted by atomic mass is 9.95. The highest BCUT2D eigenvalue weighted by atomic mass is 19.1. The number of likely N-dealkylation sites (tertiary alicyclic amines) is 1. The maximum absolute atomic E-state index is 13.2. The van der Waals surface area contributed by atoms with Gasteiger partial charge in [-0.05, 0) is 36.1 Å². The molecule has 136 valence electrons. The molecule has 0 atom stereocenters. The van der Waals surface area contributed by atoms with E-state index in [2.05, 4.69) is 5.32 Å². The van der Waals surface area contributed by atoms with Gasteiger partial charge in [0, 0.05) is 25.6 Å². The molecular weight excluding hydrogens is 331 g/mol. The Morgan fingerprint density at radius 1 is 1.00 bits per heavy atom. The van der Waals surface area contributed by atoms with Crippen LogP contribution in [0.5, 0.6) is 0 Å². The summed E-state index contributed by atoms with van der Waals surface area (Å²) in [6.07, 6.45) is 1.52. The minimum atomic E-state index is -0.330. The number of amides is 2. The Balaban J connectivity index is 1.44. The molecule has 0 aromatic heterocycles. The van der Waals surface area contributed by atoms with Gasteiger partial charge in [-0.15, -0.1) is 0 Å². The third-order valence-electron chi connectivity index (χ3n) is 4.77. The summed E-state index contributed by atoms with van der Waals surface area (Å²) in [4.78, 5) is 26.5. The highest BCUT2D eigenvalue weighted by Gasteiger charge is 2.27. The predicted molar refractivity (Wildman–Crippen MR) is 97.7 cm³/mol. The summed E-state index contributed by atoms with van der Waals surface area (Å²) in [5.74, 6) is -0.356. The van der Waals surface area contributed by atoms with Crippen LogP contribution < -0.4 is 5.32 Å². The van der Waals surface area contributed by atoms with Gasteiger partial charge in [0.2, 0.25) is 11.8 Å². The van der Waals surface area contributed by atoms with Crippen LogP contribution in [0.1, 0.15) is 24.0 Å². The number of nitrogens with zero attached hydrogens (tertiary/aromatic N) is 1. The standard InChI is InChI=1S/C21H23FN2O2/c22-19-8-4-7-17(13-19)14-20(25)24-11-9-18(10-12-24)21(26)23-15-16-5-2-1-3-6-16/h1-8,13,18H,9-12,14-15H2,(H,23,26). The summed E-state index contributed by atoms with van der Waals surface area (Å²) in [5.41, 5.74) is 1.75. The monoisotopic (exact) mass is 354 g/mol. The fraction of sp³-hybridized carbons (Fsp3) is 0.333. The fourth-order valence-electron chi connectivity index (χ4n) is 3.25. The summed E-state index contributed by atoms with van der Waals surface area (Å²) in [6, 6.07) is 15.9. The average molecular weight is 354 g/mol. The maximum Gasteiger partial charge on any atom is 0.226 e. The third kappa shape index (κ3) is 4.91. The molecular formula is C21H23FN2O2. The van der Waals surface area contributed by atoms with Crippen LogP contribution in [0.3, 0.4) is 0 Å². The normalized spacial score (nSPS) is 14.9. The number of rotatable bonds is 5. The van der Waals surface area contributed by atoms with Crippen molar-refractivity contribution >= 4 is 11.8 Å². The minimum Gasteiger partial charge on any atom is -0.352 e. The van der Waals surface area contributed by atoms with E-state index in [9.17, 15) is 14.0 Å². The van der Waals surface area contributed by atoms with Crippen LogP contribution in [0.25, 0.3) is 0 Å². The lowest BCUT2D eigenvalue weighted by Crippen LogP contribution is -2.43. The number of halogens is 1. The first-order chi connectivity index (χ1) is 12.6. The zero-order chi connectivity index (χ0) is 18.4. The van der Waals surface area contributed by atoms with Gasteiger partial charge in [-0.25, -0.2) is 4.39 Å². The number of carbonyl (C=O) groups is 2. The molecule has 0 unspecified atom stereocenters. The Hall–Kier alpha value is -2.69. The van der Waals surface area contributed by atoms with Crippen molar-refractivity contribution in [1.82, 2.24) is 10.2 Å². The Bertz CT molecular complexity index is 756. The second-order valence-electron chi connectivity index (χ2n) is 6.67. The zero-order valence-corrected chi connectivity index (χ0v) is 14.7. The molecule has 3 rings (SSSR count). The van der Waals surface area contributed by atoms with Crippen molar-refractivity contribution in [2.24, 2.45) is 5.92 Å². The Morgan fingerprint density at radius 3 is 2.38 bits per heavy atom. The van der Waals surface area contributed by atoms with Crippen LogP contribution in [0.4, 0.5) is 4.39 Å². The molecule has 0 spiro atoms. The molecule has 0 bridgehead atoms. The molecule has 1 heterocycles. The lowest BCUT2D eigenvalue weighted by Gasteiger charge is -2.31. The van der Waals surface area contributed by atoms with Crippen LogP contribution in [-0.4, -0.2) is 29.8 Å². The first-order valence-corrected chi connectivity index (χ1v) is 8.95. The van der Waals surface area contributed by atoms with Crippen LogP contribution >= 0.6 is 0 Å². The van der Waals surface area contributed by atoms with Crippen molar-refractivity contribution < 1.29 is 14.0 Å². The van der Waals surface area contributed by atoms with Crippen molar-refractivity contribution in [3.8, 4) is 0 Å². The molecule has 2 aromatic rings. The molecule has 1 saturated heterocycles. The van der Waals surface area contributed by atoms with Crippen molar-refractivity contribution in [3.05, 3.63) is 71.5 Å². The van der Waals surface area contributed by atoms with E-state index in [1.165, 1.54) is 12.1 Å². The van der Waals surface area contributed by atoms with Crippen LogP contribution in [0, 0.1) is 11.7 Å². The molecule has 1 aliphatic rings. The Morgan fingerprint density at radius 2 is 1.69 bits per heavy atom. The van der Waals surface area contributed by atoms with E-state index in [1.807, 2.05) is 30.3 Å². The number of hydrogen-bond donors (Lipinski definition) is 1. The Kier molecular flexibility index (Phi) is 6.00. The van der Waals surface area contributed by atoms with Crippen molar-refractivity contribution in [1.29, 1.82) is 0 Å². The number of benzene rings is 2. The van der Waals surface area contributed by atoms with Gasteiger partial charge in [0.05, 0.1) is 6.42 Å². The third-order valence-corrected chi connectivity index (χ3v) is 4.77. The van der Waals surface area contributed by atoms with Gasteiger partial charge in [0.1, 0.15) is 5.82 Å². The van der Waals surface area contributed by atoms with E-state index >= 15 is 0 Å².